The van der Waals surface area contributed by atoms with Crippen LogP contribution >= 0.6 is 0 Å². The van der Waals surface area contributed by atoms with Crippen molar-refractivity contribution in [1.82, 2.24) is 4.98 Å². The molecule has 0 unspecified atom stereocenters. The van der Waals surface area contributed by atoms with Gasteiger partial charge in [-0.05, 0) is 42.2 Å². The first-order chi connectivity index (χ1) is 9.10. The van der Waals surface area contributed by atoms with Crippen molar-refractivity contribution in [3.8, 4) is 0 Å². The summed E-state index contributed by atoms with van der Waals surface area (Å²) in [6.07, 6.45) is 6.05. The second-order valence-corrected chi connectivity index (χ2v) is 6.17. The molecule has 0 aliphatic heterocycles. The van der Waals surface area contributed by atoms with E-state index in [1.54, 1.807) is 0 Å². The van der Waals surface area contributed by atoms with Crippen LogP contribution in [0.4, 0.5) is 0 Å². The first-order valence-electron chi connectivity index (χ1n) is 7.23. The van der Waals surface area contributed by atoms with Gasteiger partial charge in [0.05, 0.1) is 5.52 Å². The van der Waals surface area contributed by atoms with Crippen LogP contribution in [-0.2, 0) is 5.41 Å². The van der Waals surface area contributed by atoms with Gasteiger partial charge >= 0.3 is 0 Å². The molecule has 1 saturated carbocycles. The van der Waals surface area contributed by atoms with Crippen LogP contribution in [0.25, 0.3) is 10.9 Å². The van der Waals surface area contributed by atoms with Gasteiger partial charge in [0, 0.05) is 5.56 Å². The summed E-state index contributed by atoms with van der Waals surface area (Å²) in [7, 11) is 0. The number of pyridine rings is 1. The Morgan fingerprint density at radius 3 is 2.63 bits per heavy atom. The van der Waals surface area contributed by atoms with Gasteiger partial charge < -0.3 is 4.98 Å². The number of aromatic amines is 1. The Balaban J connectivity index is 2.19. The van der Waals surface area contributed by atoms with E-state index in [0.717, 1.165) is 34.9 Å². The van der Waals surface area contributed by atoms with Crippen LogP contribution in [-0.4, -0.2) is 4.98 Å². The molecule has 2 aromatic rings. The lowest BCUT2D eigenvalue weighted by Gasteiger charge is -2.33. The third-order valence-corrected chi connectivity index (χ3v) is 4.70. The fourth-order valence-corrected chi connectivity index (χ4v) is 3.43. The highest BCUT2D eigenvalue weighted by Crippen LogP contribution is 2.38. The largest absolute Gasteiger partial charge is 0.321 e. The van der Waals surface area contributed by atoms with Gasteiger partial charge in [-0.2, -0.15) is 0 Å². The number of para-hydroxylation sites is 1. The zero-order chi connectivity index (χ0) is 13.5. The van der Waals surface area contributed by atoms with Gasteiger partial charge in [-0.3, -0.25) is 4.79 Å². The Labute approximate surface area is 113 Å². The smallest absolute Gasteiger partial charge is 0.252 e. The highest BCUT2D eigenvalue weighted by molar-refractivity contribution is 5.82. The van der Waals surface area contributed by atoms with Crippen LogP contribution in [0.2, 0.25) is 0 Å². The van der Waals surface area contributed by atoms with Gasteiger partial charge in [0.15, 0.2) is 0 Å². The summed E-state index contributed by atoms with van der Waals surface area (Å²) in [5.41, 5.74) is 3.26. The Bertz CT molecular complexity index is 663. The normalized spacial score (nSPS) is 18.6. The van der Waals surface area contributed by atoms with Gasteiger partial charge in [-0.1, -0.05) is 44.4 Å². The lowest BCUT2D eigenvalue weighted by atomic mass is 9.71. The quantitative estimate of drug-likeness (QED) is 0.819. The highest BCUT2D eigenvalue weighted by atomic mass is 16.1. The van der Waals surface area contributed by atoms with E-state index in [1.807, 2.05) is 13.0 Å². The second-order valence-electron chi connectivity index (χ2n) is 6.17. The van der Waals surface area contributed by atoms with Crippen LogP contribution in [0.1, 0.15) is 50.2 Å². The van der Waals surface area contributed by atoms with Crippen LogP contribution in [0.5, 0.6) is 0 Å². The summed E-state index contributed by atoms with van der Waals surface area (Å²) >= 11 is 0. The number of aryl methyl sites for hydroxylation is 1. The Hall–Kier alpha value is -1.57. The molecule has 19 heavy (non-hydrogen) atoms. The third-order valence-electron chi connectivity index (χ3n) is 4.70. The summed E-state index contributed by atoms with van der Waals surface area (Å²) in [6.45, 7) is 4.29. The fourth-order valence-electron chi connectivity index (χ4n) is 3.43. The number of hydrogen-bond acceptors (Lipinski definition) is 1. The molecule has 0 bridgehead atoms. The maximum atomic E-state index is 12.4. The molecule has 3 rings (SSSR count). The average Bonchev–Trinajstić information content (AvgIpc) is 2.40. The standard InChI is InChI=1S/C17H21NO/c1-12-7-6-8-13-11-14(16(19)18-15(12)13)17(2)9-4-3-5-10-17/h6-8,11H,3-5,9-10H2,1-2H3,(H,18,19). The zero-order valence-electron chi connectivity index (χ0n) is 11.8. The van der Waals surface area contributed by atoms with Crippen LogP contribution in [0.3, 0.4) is 0 Å². The van der Waals surface area contributed by atoms with Gasteiger partial charge in [0.1, 0.15) is 0 Å². The third kappa shape index (κ3) is 2.09. The zero-order valence-corrected chi connectivity index (χ0v) is 11.8. The monoisotopic (exact) mass is 255 g/mol. The molecular weight excluding hydrogens is 234 g/mol. The number of nitrogens with one attached hydrogen (secondary N) is 1. The topological polar surface area (TPSA) is 32.9 Å². The van der Waals surface area contributed by atoms with Crippen molar-refractivity contribution >= 4 is 10.9 Å². The fraction of sp³-hybridized carbons (Fsp3) is 0.471. The van der Waals surface area contributed by atoms with Crippen molar-refractivity contribution in [3.05, 3.63) is 45.7 Å². The Morgan fingerprint density at radius 2 is 1.89 bits per heavy atom. The molecule has 1 aromatic heterocycles. The van der Waals surface area contributed by atoms with Gasteiger partial charge in [0.25, 0.3) is 5.56 Å². The molecule has 1 aliphatic carbocycles. The van der Waals surface area contributed by atoms with Crippen molar-refractivity contribution < 1.29 is 0 Å². The van der Waals surface area contributed by atoms with Gasteiger partial charge in [0.2, 0.25) is 0 Å². The minimum absolute atomic E-state index is 0.0593. The number of fused-ring (bicyclic) bond motifs is 1. The number of aromatic nitrogens is 1. The van der Waals surface area contributed by atoms with Crippen molar-refractivity contribution in [2.75, 3.05) is 0 Å². The summed E-state index contributed by atoms with van der Waals surface area (Å²) < 4.78 is 0. The summed E-state index contributed by atoms with van der Waals surface area (Å²) in [6, 6.07) is 8.31. The van der Waals surface area contributed by atoms with Gasteiger partial charge in [-0.25, -0.2) is 0 Å². The molecule has 0 amide bonds. The van der Waals surface area contributed by atoms with Crippen molar-refractivity contribution in [1.29, 1.82) is 0 Å². The first kappa shape index (κ1) is 12.5. The molecule has 2 heteroatoms. The minimum atomic E-state index is 0.0593. The van der Waals surface area contributed by atoms with E-state index in [1.165, 1.54) is 19.3 Å². The van der Waals surface area contributed by atoms with E-state index < -0.39 is 0 Å². The molecule has 0 saturated heterocycles. The molecule has 1 fully saturated rings. The van der Waals surface area contributed by atoms with E-state index in [2.05, 4.69) is 30.1 Å². The highest BCUT2D eigenvalue weighted by Gasteiger charge is 2.31. The minimum Gasteiger partial charge on any atom is -0.321 e. The molecule has 0 radical (unpaired) electrons. The Kier molecular flexibility index (Phi) is 2.96. The number of rotatable bonds is 1. The van der Waals surface area contributed by atoms with E-state index >= 15 is 0 Å². The van der Waals surface area contributed by atoms with Crippen LogP contribution in [0, 0.1) is 6.92 Å². The molecule has 1 aromatic carbocycles. The molecule has 0 atom stereocenters. The van der Waals surface area contributed by atoms with Crippen LogP contribution in [0.15, 0.2) is 29.1 Å². The van der Waals surface area contributed by atoms with Crippen LogP contribution < -0.4 is 5.56 Å². The predicted octanol–water partition coefficient (Wildman–Crippen LogP) is 4.06. The van der Waals surface area contributed by atoms with Crippen molar-refractivity contribution in [2.24, 2.45) is 0 Å². The summed E-state index contributed by atoms with van der Waals surface area (Å²) in [5.74, 6) is 0. The average molecular weight is 255 g/mol. The maximum Gasteiger partial charge on any atom is 0.252 e. The summed E-state index contributed by atoms with van der Waals surface area (Å²) in [4.78, 5) is 15.5. The Morgan fingerprint density at radius 1 is 1.16 bits per heavy atom. The van der Waals surface area contributed by atoms with Crippen molar-refractivity contribution in [3.63, 3.8) is 0 Å². The first-order valence-corrected chi connectivity index (χ1v) is 7.23. The van der Waals surface area contributed by atoms with Gasteiger partial charge in [-0.15, -0.1) is 0 Å². The SMILES string of the molecule is Cc1cccc2cc(C3(C)CCCCC3)c(=O)[nH]c12. The number of H-pyrrole nitrogens is 1. The second kappa shape index (κ2) is 4.52. The molecule has 1 N–H and O–H groups in total. The summed E-state index contributed by atoms with van der Waals surface area (Å²) in [5, 5.41) is 1.15. The predicted molar refractivity (Wildman–Crippen MR) is 79.7 cm³/mol. The lowest BCUT2D eigenvalue weighted by Crippen LogP contribution is -2.32. The maximum absolute atomic E-state index is 12.4. The van der Waals surface area contributed by atoms with E-state index in [0.29, 0.717) is 0 Å². The molecular formula is C17H21NO. The molecule has 1 heterocycles. The number of benzene rings is 1. The molecule has 0 spiro atoms. The lowest BCUT2D eigenvalue weighted by molar-refractivity contribution is 0.317. The molecule has 2 nitrogen and oxygen atoms in total. The van der Waals surface area contributed by atoms with E-state index in [4.69, 9.17) is 0 Å². The molecule has 1 aliphatic rings. The van der Waals surface area contributed by atoms with E-state index in [9.17, 15) is 4.79 Å². The molecule has 100 valence electrons. The van der Waals surface area contributed by atoms with E-state index in [-0.39, 0.29) is 11.0 Å². The van der Waals surface area contributed by atoms with Crippen molar-refractivity contribution in [2.45, 2.75) is 51.4 Å². The number of hydrogen-bond donors (Lipinski definition) is 1.